The van der Waals surface area contributed by atoms with E-state index in [2.05, 4.69) is 0 Å². The fraction of sp³-hybridized carbons (Fsp3) is 0.200. The molecule has 2 rings (SSSR count). The van der Waals surface area contributed by atoms with Gasteiger partial charge in [-0.25, -0.2) is 4.39 Å². The van der Waals surface area contributed by atoms with Crippen LogP contribution in [0.15, 0.2) is 22.4 Å². The van der Waals surface area contributed by atoms with Gasteiger partial charge in [0.2, 0.25) is 0 Å². The Kier molecular flexibility index (Phi) is 2.76. The van der Waals surface area contributed by atoms with Gasteiger partial charge in [0.1, 0.15) is 5.82 Å². The number of aliphatic hydroxyl groups is 1. The lowest BCUT2D eigenvalue weighted by atomic mass is 10.2. The molecule has 0 atom stereocenters. The van der Waals surface area contributed by atoms with Gasteiger partial charge in [0, 0.05) is 25.9 Å². The van der Waals surface area contributed by atoms with Crippen molar-refractivity contribution in [2.45, 2.75) is 11.5 Å². The Morgan fingerprint density at radius 1 is 1.50 bits per heavy atom. The van der Waals surface area contributed by atoms with E-state index in [1.165, 1.54) is 6.07 Å². The Bertz CT molecular complexity index is 464. The maximum Gasteiger partial charge on any atom is 0.129 e. The van der Waals surface area contributed by atoms with Gasteiger partial charge >= 0.3 is 0 Å². The molecule has 2 aromatic rings. The maximum atomic E-state index is 13.3. The number of hydrogen-bond donors (Lipinski definition) is 1. The second-order valence-corrected chi connectivity index (χ2v) is 4.66. The Morgan fingerprint density at radius 2 is 2.29 bits per heavy atom. The molecule has 0 unspecified atom stereocenters. The van der Waals surface area contributed by atoms with E-state index in [0.29, 0.717) is 5.56 Å². The minimum absolute atomic E-state index is 0.242. The normalized spacial score (nSPS) is 11.1. The van der Waals surface area contributed by atoms with Gasteiger partial charge in [-0.05, 0) is 18.4 Å². The standard InChI is InChI=1S/C10H9FOS2/c1-13-10-5-14-9-2-6(4-12)8(11)3-7(9)10/h2-3,5,12H,4H2,1H3. The van der Waals surface area contributed by atoms with Gasteiger partial charge in [-0.15, -0.1) is 23.1 Å². The third-order valence-corrected chi connectivity index (χ3v) is 3.97. The first-order valence-electron chi connectivity index (χ1n) is 4.10. The Labute approximate surface area is 89.6 Å². The monoisotopic (exact) mass is 228 g/mol. The first-order valence-corrected chi connectivity index (χ1v) is 6.21. The summed E-state index contributed by atoms with van der Waals surface area (Å²) in [6.07, 6.45) is 1.97. The van der Waals surface area contributed by atoms with Crippen LogP contribution in [-0.4, -0.2) is 11.4 Å². The van der Waals surface area contributed by atoms with Crippen LogP contribution in [0.2, 0.25) is 0 Å². The van der Waals surface area contributed by atoms with E-state index in [1.807, 2.05) is 11.6 Å². The van der Waals surface area contributed by atoms with Crippen molar-refractivity contribution in [2.75, 3.05) is 6.26 Å². The van der Waals surface area contributed by atoms with E-state index in [1.54, 1.807) is 29.2 Å². The minimum Gasteiger partial charge on any atom is -0.392 e. The fourth-order valence-electron chi connectivity index (χ4n) is 1.35. The summed E-state index contributed by atoms with van der Waals surface area (Å²) in [6.45, 7) is -0.242. The van der Waals surface area contributed by atoms with Gasteiger partial charge in [-0.2, -0.15) is 0 Å². The van der Waals surface area contributed by atoms with Crippen molar-refractivity contribution >= 4 is 33.2 Å². The highest BCUT2D eigenvalue weighted by Crippen LogP contribution is 2.33. The molecule has 1 aromatic carbocycles. The van der Waals surface area contributed by atoms with Crippen LogP contribution < -0.4 is 0 Å². The lowest BCUT2D eigenvalue weighted by Gasteiger charge is -2.00. The van der Waals surface area contributed by atoms with Gasteiger partial charge in [-0.3, -0.25) is 0 Å². The van der Waals surface area contributed by atoms with Crippen LogP contribution in [0.25, 0.3) is 10.1 Å². The van der Waals surface area contributed by atoms with Crippen LogP contribution in [0.5, 0.6) is 0 Å². The highest BCUT2D eigenvalue weighted by molar-refractivity contribution is 7.99. The van der Waals surface area contributed by atoms with Crippen LogP contribution in [0.1, 0.15) is 5.56 Å². The third kappa shape index (κ3) is 1.54. The summed E-state index contributed by atoms with van der Waals surface area (Å²) in [7, 11) is 0. The largest absolute Gasteiger partial charge is 0.392 e. The van der Waals surface area contributed by atoms with Crippen LogP contribution in [0.4, 0.5) is 4.39 Å². The minimum atomic E-state index is -0.325. The summed E-state index contributed by atoms with van der Waals surface area (Å²) >= 11 is 3.19. The zero-order valence-corrected chi connectivity index (χ0v) is 9.21. The molecule has 0 amide bonds. The summed E-state index contributed by atoms with van der Waals surface area (Å²) in [4.78, 5) is 1.09. The number of hydrogen-bond acceptors (Lipinski definition) is 3. The molecule has 14 heavy (non-hydrogen) atoms. The molecule has 1 heterocycles. The summed E-state index contributed by atoms with van der Waals surface area (Å²) in [5, 5.41) is 11.9. The molecule has 0 bridgehead atoms. The Balaban J connectivity index is 2.69. The van der Waals surface area contributed by atoms with Crippen molar-refractivity contribution in [1.29, 1.82) is 0 Å². The topological polar surface area (TPSA) is 20.2 Å². The fourth-order valence-corrected chi connectivity index (χ4v) is 3.20. The van der Waals surface area contributed by atoms with E-state index in [9.17, 15) is 4.39 Å². The molecule has 0 aliphatic heterocycles. The molecule has 1 aromatic heterocycles. The highest BCUT2D eigenvalue weighted by atomic mass is 32.2. The lowest BCUT2D eigenvalue weighted by molar-refractivity contribution is 0.276. The molecular formula is C10H9FOS2. The Hall–Kier alpha value is -0.580. The number of aliphatic hydroxyl groups excluding tert-OH is 1. The second kappa shape index (κ2) is 3.88. The van der Waals surface area contributed by atoms with E-state index in [0.717, 1.165) is 15.0 Å². The van der Waals surface area contributed by atoms with E-state index >= 15 is 0 Å². The maximum absolute atomic E-state index is 13.3. The van der Waals surface area contributed by atoms with E-state index in [4.69, 9.17) is 5.11 Å². The molecule has 1 nitrogen and oxygen atoms in total. The lowest BCUT2D eigenvalue weighted by Crippen LogP contribution is -1.88. The molecule has 0 aliphatic rings. The summed E-state index contributed by atoms with van der Waals surface area (Å²) in [5.74, 6) is -0.325. The molecule has 0 aliphatic carbocycles. The van der Waals surface area contributed by atoms with Crippen molar-refractivity contribution in [3.63, 3.8) is 0 Å². The van der Waals surface area contributed by atoms with Gasteiger partial charge in [0.05, 0.1) is 6.61 Å². The number of halogens is 1. The van der Waals surface area contributed by atoms with E-state index in [-0.39, 0.29) is 12.4 Å². The number of thioether (sulfide) groups is 1. The van der Waals surface area contributed by atoms with Gasteiger partial charge in [-0.1, -0.05) is 0 Å². The first kappa shape index (κ1) is 9.96. The molecule has 0 radical (unpaired) electrons. The second-order valence-electron chi connectivity index (χ2n) is 2.90. The quantitative estimate of drug-likeness (QED) is 0.796. The van der Waals surface area contributed by atoms with Crippen LogP contribution in [-0.2, 0) is 6.61 Å². The summed E-state index contributed by atoms with van der Waals surface area (Å²) in [5.41, 5.74) is 0.368. The van der Waals surface area contributed by atoms with Crippen molar-refractivity contribution in [3.05, 3.63) is 28.9 Å². The van der Waals surface area contributed by atoms with Gasteiger partial charge in [0.15, 0.2) is 0 Å². The van der Waals surface area contributed by atoms with Crippen LogP contribution in [0.3, 0.4) is 0 Å². The van der Waals surface area contributed by atoms with Crippen LogP contribution in [0, 0.1) is 5.82 Å². The SMILES string of the molecule is CSc1csc2cc(CO)c(F)cc12. The molecule has 0 saturated heterocycles. The number of thiophene rings is 1. The van der Waals surface area contributed by atoms with E-state index < -0.39 is 0 Å². The summed E-state index contributed by atoms with van der Waals surface area (Å²) < 4.78 is 14.4. The van der Waals surface area contributed by atoms with Crippen molar-refractivity contribution < 1.29 is 9.50 Å². The zero-order valence-electron chi connectivity index (χ0n) is 7.58. The predicted octanol–water partition coefficient (Wildman–Crippen LogP) is 3.25. The van der Waals surface area contributed by atoms with Crippen LogP contribution >= 0.6 is 23.1 Å². The molecule has 0 spiro atoms. The molecule has 4 heteroatoms. The molecular weight excluding hydrogens is 219 g/mol. The average Bonchev–Trinajstić information content (AvgIpc) is 2.58. The first-order chi connectivity index (χ1) is 6.76. The highest BCUT2D eigenvalue weighted by Gasteiger charge is 2.08. The Morgan fingerprint density at radius 3 is 2.93 bits per heavy atom. The van der Waals surface area contributed by atoms with Crippen molar-refractivity contribution in [3.8, 4) is 0 Å². The van der Waals surface area contributed by atoms with Crippen molar-refractivity contribution in [1.82, 2.24) is 0 Å². The smallest absolute Gasteiger partial charge is 0.129 e. The average molecular weight is 228 g/mol. The number of fused-ring (bicyclic) bond motifs is 1. The molecule has 1 N–H and O–H groups in total. The summed E-state index contributed by atoms with van der Waals surface area (Å²) in [6, 6.07) is 3.22. The van der Waals surface area contributed by atoms with Gasteiger partial charge < -0.3 is 5.11 Å². The zero-order chi connectivity index (χ0) is 10.1. The molecule has 0 saturated carbocycles. The predicted molar refractivity (Wildman–Crippen MR) is 59.5 cm³/mol. The number of benzene rings is 1. The molecule has 0 fully saturated rings. The molecule has 74 valence electrons. The van der Waals surface area contributed by atoms with Gasteiger partial charge in [0.25, 0.3) is 0 Å². The third-order valence-electron chi connectivity index (χ3n) is 2.10. The number of rotatable bonds is 2. The van der Waals surface area contributed by atoms with Crippen molar-refractivity contribution in [2.24, 2.45) is 0 Å².